The standard InChI is InChI=1S/C21H29N3O5S/c25-20(18-7-4-14-29-18)23-8-10-24(11-9-23)21(26)19(17-5-2-1-3-6-17)22-12-15-30(27,28)16-13-22/h1-3,5-6,18-19H,4,7-16H2. The maximum atomic E-state index is 13.5. The maximum Gasteiger partial charge on any atom is 0.251 e. The summed E-state index contributed by atoms with van der Waals surface area (Å²) >= 11 is 0. The normalized spacial score (nSPS) is 25.8. The van der Waals surface area contributed by atoms with Crippen molar-refractivity contribution in [2.24, 2.45) is 0 Å². The highest BCUT2D eigenvalue weighted by atomic mass is 32.2. The van der Waals surface area contributed by atoms with Gasteiger partial charge in [-0.15, -0.1) is 0 Å². The minimum Gasteiger partial charge on any atom is -0.368 e. The number of rotatable bonds is 4. The molecule has 3 fully saturated rings. The summed E-state index contributed by atoms with van der Waals surface area (Å²) in [4.78, 5) is 31.6. The Bertz CT molecular complexity index is 848. The van der Waals surface area contributed by atoms with Gasteiger partial charge in [0.2, 0.25) is 5.91 Å². The zero-order valence-electron chi connectivity index (χ0n) is 17.1. The Morgan fingerprint density at radius 3 is 2.17 bits per heavy atom. The fourth-order valence-electron chi connectivity index (χ4n) is 4.43. The van der Waals surface area contributed by atoms with E-state index in [0.29, 0.717) is 45.9 Å². The first-order valence-corrected chi connectivity index (χ1v) is 12.5. The minimum atomic E-state index is -3.03. The Labute approximate surface area is 177 Å². The fourth-order valence-corrected chi connectivity index (χ4v) is 5.66. The number of hydrogen-bond acceptors (Lipinski definition) is 6. The van der Waals surface area contributed by atoms with Gasteiger partial charge in [0.15, 0.2) is 9.84 Å². The lowest BCUT2D eigenvalue weighted by molar-refractivity contribution is -0.148. The lowest BCUT2D eigenvalue weighted by atomic mass is 10.0. The molecule has 1 aromatic rings. The molecule has 8 nitrogen and oxygen atoms in total. The van der Waals surface area contributed by atoms with Crippen LogP contribution in [0.2, 0.25) is 0 Å². The van der Waals surface area contributed by atoms with Gasteiger partial charge >= 0.3 is 0 Å². The molecule has 2 atom stereocenters. The van der Waals surface area contributed by atoms with Crippen LogP contribution < -0.4 is 0 Å². The van der Waals surface area contributed by atoms with Crippen LogP contribution in [-0.4, -0.2) is 98.4 Å². The van der Waals surface area contributed by atoms with Crippen molar-refractivity contribution in [1.29, 1.82) is 0 Å². The van der Waals surface area contributed by atoms with Gasteiger partial charge in [0.05, 0.1) is 11.5 Å². The molecule has 0 aromatic heterocycles. The quantitative estimate of drug-likeness (QED) is 0.677. The topological polar surface area (TPSA) is 87.2 Å². The molecule has 164 valence electrons. The number of hydrogen-bond donors (Lipinski definition) is 0. The highest BCUT2D eigenvalue weighted by Gasteiger charge is 2.37. The Morgan fingerprint density at radius 2 is 1.57 bits per heavy atom. The molecule has 3 aliphatic heterocycles. The van der Waals surface area contributed by atoms with Crippen LogP contribution in [0.15, 0.2) is 30.3 Å². The van der Waals surface area contributed by atoms with Crippen molar-refractivity contribution in [3.05, 3.63) is 35.9 Å². The van der Waals surface area contributed by atoms with Crippen LogP contribution in [0.3, 0.4) is 0 Å². The summed E-state index contributed by atoms with van der Waals surface area (Å²) in [6.07, 6.45) is 1.35. The lowest BCUT2D eigenvalue weighted by Gasteiger charge is -2.40. The summed E-state index contributed by atoms with van der Waals surface area (Å²) in [6.45, 7) is 3.30. The van der Waals surface area contributed by atoms with Crippen molar-refractivity contribution in [1.82, 2.24) is 14.7 Å². The molecule has 9 heteroatoms. The Morgan fingerprint density at radius 1 is 0.933 bits per heavy atom. The van der Waals surface area contributed by atoms with Crippen molar-refractivity contribution in [2.75, 3.05) is 57.4 Å². The summed E-state index contributed by atoms with van der Waals surface area (Å²) in [5.74, 6) is 0.158. The third kappa shape index (κ3) is 4.68. The second-order valence-electron chi connectivity index (χ2n) is 8.15. The molecule has 0 spiro atoms. The first-order chi connectivity index (χ1) is 14.4. The van der Waals surface area contributed by atoms with E-state index in [1.165, 1.54) is 0 Å². The van der Waals surface area contributed by atoms with Crippen LogP contribution in [0, 0.1) is 0 Å². The molecule has 30 heavy (non-hydrogen) atoms. The zero-order chi connectivity index (χ0) is 21.1. The number of ether oxygens (including phenoxy) is 1. The largest absolute Gasteiger partial charge is 0.368 e. The second-order valence-corrected chi connectivity index (χ2v) is 10.5. The number of sulfone groups is 1. The Balaban J connectivity index is 1.44. The smallest absolute Gasteiger partial charge is 0.251 e. The van der Waals surface area contributed by atoms with E-state index in [0.717, 1.165) is 18.4 Å². The molecule has 1 aromatic carbocycles. The van der Waals surface area contributed by atoms with E-state index >= 15 is 0 Å². The molecule has 2 unspecified atom stereocenters. The molecule has 3 aliphatic rings. The number of amides is 2. The third-order valence-electron chi connectivity index (χ3n) is 6.20. The number of benzene rings is 1. The number of nitrogens with zero attached hydrogens (tertiary/aromatic N) is 3. The highest BCUT2D eigenvalue weighted by molar-refractivity contribution is 7.91. The van der Waals surface area contributed by atoms with E-state index in [4.69, 9.17) is 4.74 Å². The van der Waals surface area contributed by atoms with Gasteiger partial charge in [-0.2, -0.15) is 0 Å². The Kier molecular flexibility index (Phi) is 6.40. The first kappa shape index (κ1) is 21.3. The van der Waals surface area contributed by atoms with Crippen molar-refractivity contribution < 1.29 is 22.7 Å². The molecule has 3 heterocycles. The lowest BCUT2D eigenvalue weighted by Crippen LogP contribution is -2.55. The minimum absolute atomic E-state index is 0.0234. The van der Waals surface area contributed by atoms with E-state index < -0.39 is 15.9 Å². The average Bonchev–Trinajstić information content (AvgIpc) is 3.30. The summed E-state index contributed by atoms with van der Waals surface area (Å²) < 4.78 is 29.2. The monoisotopic (exact) mass is 435 g/mol. The van der Waals surface area contributed by atoms with Gasteiger partial charge in [-0.1, -0.05) is 30.3 Å². The van der Waals surface area contributed by atoms with E-state index in [9.17, 15) is 18.0 Å². The second kappa shape index (κ2) is 9.03. The van der Waals surface area contributed by atoms with Gasteiger partial charge in [-0.25, -0.2) is 8.42 Å². The SMILES string of the molecule is O=C(C1CCCO1)N1CCN(C(=O)C(c2ccccc2)N2CCS(=O)(=O)CC2)CC1. The summed E-state index contributed by atoms with van der Waals surface area (Å²) in [7, 11) is -3.03. The maximum absolute atomic E-state index is 13.5. The molecule has 0 bridgehead atoms. The molecule has 0 aliphatic carbocycles. The molecular formula is C21H29N3O5S. The Hall–Kier alpha value is -1.97. The van der Waals surface area contributed by atoms with Crippen LogP contribution >= 0.6 is 0 Å². The molecule has 2 amide bonds. The molecule has 0 saturated carbocycles. The number of carbonyl (C=O) groups is 2. The molecule has 3 saturated heterocycles. The van der Waals surface area contributed by atoms with Crippen molar-refractivity contribution in [3.63, 3.8) is 0 Å². The summed E-state index contributed by atoms with van der Waals surface area (Å²) in [6, 6.07) is 9.04. The predicted molar refractivity (Wildman–Crippen MR) is 112 cm³/mol. The van der Waals surface area contributed by atoms with E-state index in [2.05, 4.69) is 0 Å². The van der Waals surface area contributed by atoms with Crippen molar-refractivity contribution in [3.8, 4) is 0 Å². The van der Waals surface area contributed by atoms with Crippen molar-refractivity contribution >= 4 is 21.7 Å². The van der Waals surface area contributed by atoms with Gasteiger partial charge in [-0.3, -0.25) is 14.5 Å². The van der Waals surface area contributed by atoms with Crippen molar-refractivity contribution in [2.45, 2.75) is 25.0 Å². The number of piperazine rings is 1. The van der Waals surface area contributed by atoms with Crippen LogP contribution in [-0.2, 0) is 24.2 Å². The first-order valence-electron chi connectivity index (χ1n) is 10.6. The molecule has 0 N–H and O–H groups in total. The van der Waals surface area contributed by atoms with Crippen LogP contribution in [0.25, 0.3) is 0 Å². The fraction of sp³-hybridized carbons (Fsp3) is 0.619. The highest BCUT2D eigenvalue weighted by Crippen LogP contribution is 2.26. The predicted octanol–water partition coefficient (Wildman–Crippen LogP) is 0.308. The summed E-state index contributed by atoms with van der Waals surface area (Å²) in [5, 5.41) is 0. The van der Waals surface area contributed by atoms with E-state index in [1.807, 2.05) is 35.2 Å². The molecule has 0 radical (unpaired) electrons. The average molecular weight is 436 g/mol. The third-order valence-corrected chi connectivity index (χ3v) is 7.81. The van der Waals surface area contributed by atoms with E-state index in [-0.39, 0.29) is 29.4 Å². The van der Waals surface area contributed by atoms with Crippen LogP contribution in [0.5, 0.6) is 0 Å². The van der Waals surface area contributed by atoms with Gasteiger partial charge in [0, 0.05) is 45.9 Å². The van der Waals surface area contributed by atoms with Crippen LogP contribution in [0.1, 0.15) is 24.4 Å². The van der Waals surface area contributed by atoms with Gasteiger partial charge in [-0.05, 0) is 18.4 Å². The van der Waals surface area contributed by atoms with Gasteiger partial charge in [0.1, 0.15) is 12.1 Å². The van der Waals surface area contributed by atoms with E-state index in [1.54, 1.807) is 9.80 Å². The zero-order valence-corrected chi connectivity index (χ0v) is 17.9. The van der Waals surface area contributed by atoms with Gasteiger partial charge < -0.3 is 14.5 Å². The summed E-state index contributed by atoms with van der Waals surface area (Å²) in [5.41, 5.74) is 0.875. The van der Waals surface area contributed by atoms with Gasteiger partial charge in [0.25, 0.3) is 5.91 Å². The molecular weight excluding hydrogens is 406 g/mol. The number of carbonyl (C=O) groups excluding carboxylic acids is 2. The molecule has 4 rings (SSSR count). The van der Waals surface area contributed by atoms with Crippen LogP contribution in [0.4, 0.5) is 0 Å².